The Labute approximate surface area is 138 Å². The molecule has 1 aromatic heterocycles. The summed E-state index contributed by atoms with van der Waals surface area (Å²) in [6.45, 7) is 4.12. The molecule has 0 spiro atoms. The number of piperazine rings is 1. The zero-order valence-electron chi connectivity index (χ0n) is 13.1. The lowest BCUT2D eigenvalue weighted by Crippen LogP contribution is -2.49. The van der Waals surface area contributed by atoms with Gasteiger partial charge in [0, 0.05) is 50.2 Å². The molecular formula is C15H21F2N3O2S. The maximum atomic E-state index is 12.7. The van der Waals surface area contributed by atoms with Crippen molar-refractivity contribution in [2.75, 3.05) is 39.3 Å². The molecule has 5 nitrogen and oxygen atoms in total. The van der Waals surface area contributed by atoms with Crippen molar-refractivity contribution in [3.05, 3.63) is 15.8 Å². The van der Waals surface area contributed by atoms with Crippen molar-refractivity contribution in [2.24, 2.45) is 0 Å². The van der Waals surface area contributed by atoms with Gasteiger partial charge in [0.05, 0.1) is 0 Å². The average Bonchev–Trinajstić information content (AvgIpc) is 3.14. The van der Waals surface area contributed by atoms with E-state index in [2.05, 4.69) is 15.0 Å². The van der Waals surface area contributed by atoms with Crippen LogP contribution in [0, 0.1) is 6.92 Å². The van der Waals surface area contributed by atoms with E-state index in [9.17, 15) is 13.6 Å². The van der Waals surface area contributed by atoms with Gasteiger partial charge in [0.2, 0.25) is 0 Å². The number of aryl methyl sites for hydroxylation is 1. The summed E-state index contributed by atoms with van der Waals surface area (Å²) in [5.41, 5.74) is 0. The van der Waals surface area contributed by atoms with Gasteiger partial charge in [-0.25, -0.2) is 0 Å². The maximum absolute atomic E-state index is 12.7. The maximum Gasteiger partial charge on any atom is 0.387 e. The van der Waals surface area contributed by atoms with Crippen LogP contribution >= 0.6 is 11.3 Å². The largest absolute Gasteiger partial charge is 0.433 e. The summed E-state index contributed by atoms with van der Waals surface area (Å²) < 4.78 is 29.5. The summed E-state index contributed by atoms with van der Waals surface area (Å²) in [4.78, 5) is 17.9. The number of nitrogens with one attached hydrogen (secondary N) is 1. The second kappa shape index (κ2) is 7.11. The van der Waals surface area contributed by atoms with E-state index in [4.69, 9.17) is 0 Å². The highest BCUT2D eigenvalue weighted by Crippen LogP contribution is 2.32. The van der Waals surface area contributed by atoms with Crippen LogP contribution in [0.5, 0.6) is 5.75 Å². The predicted molar refractivity (Wildman–Crippen MR) is 84.4 cm³/mol. The topological polar surface area (TPSA) is 44.8 Å². The van der Waals surface area contributed by atoms with Gasteiger partial charge in [0.1, 0.15) is 10.6 Å². The third kappa shape index (κ3) is 3.81. The summed E-state index contributed by atoms with van der Waals surface area (Å²) in [6.07, 6.45) is 0.932. The molecule has 0 saturated carbocycles. The number of nitrogens with zero attached hydrogens (tertiary/aromatic N) is 2. The lowest BCUT2D eigenvalue weighted by Gasteiger charge is -2.32. The van der Waals surface area contributed by atoms with Gasteiger partial charge in [-0.05, 0) is 19.4 Å². The van der Waals surface area contributed by atoms with Gasteiger partial charge in [-0.1, -0.05) is 0 Å². The Balaban J connectivity index is 1.67. The average molecular weight is 345 g/mol. The highest BCUT2D eigenvalue weighted by molar-refractivity contribution is 7.14. The van der Waals surface area contributed by atoms with Crippen molar-refractivity contribution in [2.45, 2.75) is 26.0 Å². The monoisotopic (exact) mass is 345 g/mol. The molecule has 0 radical (unpaired) electrons. The van der Waals surface area contributed by atoms with E-state index in [1.54, 1.807) is 11.8 Å². The predicted octanol–water partition coefficient (Wildman–Crippen LogP) is 1.78. The molecule has 1 aromatic rings. The summed E-state index contributed by atoms with van der Waals surface area (Å²) in [7, 11) is 0. The molecule has 0 bridgehead atoms. The minimum atomic E-state index is -2.91. The Kier molecular flexibility index (Phi) is 5.13. The van der Waals surface area contributed by atoms with Crippen LogP contribution in [0.2, 0.25) is 0 Å². The Hall–Kier alpha value is -1.25. The van der Waals surface area contributed by atoms with E-state index in [1.807, 2.05) is 0 Å². The summed E-state index contributed by atoms with van der Waals surface area (Å²) in [5, 5.41) is 3.32. The summed E-state index contributed by atoms with van der Waals surface area (Å²) in [6, 6.07) is 1.87. The molecule has 2 saturated heterocycles. The lowest BCUT2D eigenvalue weighted by molar-refractivity contribution is -0.0499. The quantitative estimate of drug-likeness (QED) is 0.904. The molecule has 2 fully saturated rings. The minimum Gasteiger partial charge on any atom is -0.433 e. The van der Waals surface area contributed by atoms with Gasteiger partial charge in [-0.3, -0.25) is 9.69 Å². The van der Waals surface area contributed by atoms with Crippen molar-refractivity contribution in [3.8, 4) is 5.75 Å². The minimum absolute atomic E-state index is 0.00174. The standard InChI is InChI=1S/C15H21F2N3O2S/c1-10-8-12(22-15(16)17)13(23-10)14(21)20-5-2-11(9-20)19-6-3-18-4-7-19/h8,11,15,18H,2-7,9H2,1H3. The Bertz CT molecular complexity index is 561. The number of carbonyl (C=O) groups is 1. The van der Waals surface area contributed by atoms with Gasteiger partial charge in [-0.2, -0.15) is 8.78 Å². The normalized spacial score (nSPS) is 22.8. The van der Waals surface area contributed by atoms with Gasteiger partial charge in [-0.15, -0.1) is 11.3 Å². The van der Waals surface area contributed by atoms with E-state index in [-0.39, 0.29) is 16.5 Å². The fourth-order valence-electron chi connectivity index (χ4n) is 3.24. The van der Waals surface area contributed by atoms with E-state index in [0.717, 1.165) is 37.5 Å². The Morgan fingerprint density at radius 2 is 2.13 bits per heavy atom. The zero-order chi connectivity index (χ0) is 16.4. The molecule has 1 N–H and O–H groups in total. The van der Waals surface area contributed by atoms with Crippen molar-refractivity contribution >= 4 is 17.2 Å². The van der Waals surface area contributed by atoms with Crippen LogP contribution in [0.4, 0.5) is 8.78 Å². The summed E-state index contributed by atoms with van der Waals surface area (Å²) in [5.74, 6) is -0.200. The lowest BCUT2D eigenvalue weighted by atomic mass is 10.2. The molecule has 23 heavy (non-hydrogen) atoms. The number of rotatable bonds is 4. The van der Waals surface area contributed by atoms with Crippen LogP contribution in [0.1, 0.15) is 21.0 Å². The second-order valence-corrected chi connectivity index (χ2v) is 7.16. The van der Waals surface area contributed by atoms with Crippen LogP contribution in [0.25, 0.3) is 0 Å². The van der Waals surface area contributed by atoms with Crippen LogP contribution in [0.3, 0.4) is 0 Å². The fourth-order valence-corrected chi connectivity index (χ4v) is 4.15. The number of ether oxygens (including phenoxy) is 1. The van der Waals surface area contributed by atoms with Crippen LogP contribution < -0.4 is 10.1 Å². The second-order valence-electron chi connectivity index (χ2n) is 5.91. The van der Waals surface area contributed by atoms with Crippen LogP contribution in [0.15, 0.2) is 6.07 Å². The first-order valence-electron chi connectivity index (χ1n) is 7.84. The molecule has 1 atom stereocenters. The first-order chi connectivity index (χ1) is 11.0. The highest BCUT2D eigenvalue weighted by atomic mass is 32.1. The first-order valence-corrected chi connectivity index (χ1v) is 8.65. The number of thiophene rings is 1. The molecular weight excluding hydrogens is 324 g/mol. The number of carbonyl (C=O) groups excluding carboxylic acids is 1. The highest BCUT2D eigenvalue weighted by Gasteiger charge is 2.33. The molecule has 2 aliphatic heterocycles. The molecule has 0 aliphatic carbocycles. The van der Waals surface area contributed by atoms with Gasteiger partial charge < -0.3 is 15.0 Å². The van der Waals surface area contributed by atoms with E-state index in [0.29, 0.717) is 19.1 Å². The molecule has 1 amide bonds. The molecule has 128 valence electrons. The van der Waals surface area contributed by atoms with Gasteiger partial charge >= 0.3 is 6.61 Å². The number of hydrogen-bond acceptors (Lipinski definition) is 5. The van der Waals surface area contributed by atoms with Crippen LogP contribution in [-0.4, -0.2) is 67.6 Å². The zero-order valence-corrected chi connectivity index (χ0v) is 13.9. The third-order valence-electron chi connectivity index (χ3n) is 4.35. The van der Waals surface area contributed by atoms with Crippen molar-refractivity contribution < 1.29 is 18.3 Å². The number of likely N-dealkylation sites (tertiary alicyclic amines) is 1. The van der Waals surface area contributed by atoms with Crippen molar-refractivity contribution in [1.82, 2.24) is 15.1 Å². The molecule has 8 heteroatoms. The Morgan fingerprint density at radius 1 is 1.39 bits per heavy atom. The number of halogens is 2. The smallest absolute Gasteiger partial charge is 0.387 e. The van der Waals surface area contributed by atoms with Crippen LogP contribution in [-0.2, 0) is 0 Å². The number of hydrogen-bond donors (Lipinski definition) is 1. The van der Waals surface area contributed by atoms with E-state index >= 15 is 0 Å². The Morgan fingerprint density at radius 3 is 2.83 bits per heavy atom. The van der Waals surface area contributed by atoms with Crippen molar-refractivity contribution in [3.63, 3.8) is 0 Å². The third-order valence-corrected chi connectivity index (χ3v) is 5.37. The molecule has 1 unspecified atom stereocenters. The van der Waals surface area contributed by atoms with E-state index < -0.39 is 6.61 Å². The molecule has 2 aliphatic rings. The summed E-state index contributed by atoms with van der Waals surface area (Å²) >= 11 is 1.21. The fraction of sp³-hybridized carbons (Fsp3) is 0.667. The SMILES string of the molecule is Cc1cc(OC(F)F)c(C(=O)N2CCC(N3CCNCC3)C2)s1. The molecule has 3 heterocycles. The van der Waals surface area contributed by atoms with Gasteiger partial charge in [0.25, 0.3) is 5.91 Å². The first kappa shape index (κ1) is 16.6. The van der Waals surface area contributed by atoms with Gasteiger partial charge in [0.15, 0.2) is 0 Å². The number of amides is 1. The van der Waals surface area contributed by atoms with Crippen molar-refractivity contribution in [1.29, 1.82) is 0 Å². The molecule has 3 rings (SSSR count). The van der Waals surface area contributed by atoms with E-state index in [1.165, 1.54) is 17.4 Å². The molecule has 0 aromatic carbocycles. The number of alkyl halides is 2.